The summed E-state index contributed by atoms with van der Waals surface area (Å²) >= 11 is 0. The Labute approximate surface area is 215 Å². The molecule has 0 spiro atoms. The first kappa shape index (κ1) is 27.3. The van der Waals surface area contributed by atoms with Gasteiger partial charge in [-0.1, -0.05) is 45.0 Å². The minimum Gasteiger partial charge on any atom is -0.493 e. The van der Waals surface area contributed by atoms with Crippen LogP contribution in [0.5, 0.6) is 5.75 Å². The molecule has 0 aliphatic carbocycles. The maximum Gasteiger partial charge on any atom is 0.337 e. The Kier molecular flexibility index (Phi) is 9.16. The topological polar surface area (TPSA) is 59.0 Å². The number of ether oxygens (including phenoxy) is 2. The van der Waals surface area contributed by atoms with Gasteiger partial charge in [0.15, 0.2) is 0 Å². The maximum absolute atomic E-state index is 11.8. The number of aliphatic hydroxyl groups excluding tert-OH is 1. The lowest BCUT2D eigenvalue weighted by Crippen LogP contribution is -2.26. The zero-order valence-electron chi connectivity index (χ0n) is 22.4. The van der Waals surface area contributed by atoms with Crippen molar-refractivity contribution in [3.8, 4) is 28.0 Å². The van der Waals surface area contributed by atoms with Crippen molar-refractivity contribution < 1.29 is 19.4 Å². The molecule has 36 heavy (non-hydrogen) atoms. The van der Waals surface area contributed by atoms with Crippen LogP contribution in [0.2, 0.25) is 0 Å². The zero-order valence-corrected chi connectivity index (χ0v) is 22.4. The number of methoxy groups -OCH3 is 1. The Balaban J connectivity index is 2.12. The predicted octanol–water partition coefficient (Wildman–Crippen LogP) is 6.71. The number of anilines is 1. The molecule has 0 heterocycles. The van der Waals surface area contributed by atoms with Crippen molar-refractivity contribution in [2.75, 3.05) is 38.3 Å². The summed E-state index contributed by atoms with van der Waals surface area (Å²) in [5.74, 6) is 0.437. The summed E-state index contributed by atoms with van der Waals surface area (Å²) in [5.41, 5.74) is 7.15. The van der Waals surface area contributed by atoms with Crippen LogP contribution in [0.3, 0.4) is 0 Å². The Hall–Kier alpha value is -3.31. The van der Waals surface area contributed by atoms with E-state index in [-0.39, 0.29) is 18.0 Å². The van der Waals surface area contributed by atoms with Gasteiger partial charge in [-0.2, -0.15) is 0 Å². The summed E-state index contributed by atoms with van der Waals surface area (Å²) in [6, 6.07) is 20.3. The minimum atomic E-state index is -0.349. The first-order chi connectivity index (χ1) is 17.2. The summed E-state index contributed by atoms with van der Waals surface area (Å²) in [5, 5.41) is 9.24. The van der Waals surface area contributed by atoms with Crippen LogP contribution in [0.4, 0.5) is 5.69 Å². The van der Waals surface area contributed by atoms with Crippen molar-refractivity contribution in [2.45, 2.75) is 46.5 Å². The monoisotopic (exact) mass is 489 g/mol. The fourth-order valence-corrected chi connectivity index (χ4v) is 4.37. The van der Waals surface area contributed by atoms with Crippen molar-refractivity contribution in [1.29, 1.82) is 0 Å². The number of esters is 1. The molecule has 3 aromatic carbocycles. The summed E-state index contributed by atoms with van der Waals surface area (Å²) in [4.78, 5) is 14.2. The lowest BCUT2D eigenvalue weighted by molar-refractivity contribution is 0.0600. The van der Waals surface area contributed by atoms with Crippen LogP contribution < -0.4 is 9.64 Å². The van der Waals surface area contributed by atoms with Gasteiger partial charge in [-0.05, 0) is 77.9 Å². The van der Waals surface area contributed by atoms with Gasteiger partial charge in [0, 0.05) is 37.4 Å². The third-order valence-corrected chi connectivity index (χ3v) is 6.40. The van der Waals surface area contributed by atoms with E-state index >= 15 is 0 Å². The van der Waals surface area contributed by atoms with E-state index in [1.165, 1.54) is 18.4 Å². The highest BCUT2D eigenvalue weighted by atomic mass is 16.5. The molecule has 0 aromatic heterocycles. The molecule has 1 N–H and O–H groups in total. The van der Waals surface area contributed by atoms with Gasteiger partial charge in [0.05, 0.1) is 19.3 Å². The van der Waals surface area contributed by atoms with Gasteiger partial charge in [0.25, 0.3) is 0 Å². The zero-order chi connectivity index (χ0) is 26.3. The van der Waals surface area contributed by atoms with E-state index in [4.69, 9.17) is 9.47 Å². The number of hydrogen-bond donors (Lipinski definition) is 1. The fraction of sp³-hybridized carbons (Fsp3) is 0.387. The van der Waals surface area contributed by atoms with E-state index in [0.717, 1.165) is 41.1 Å². The number of hydrogen-bond acceptors (Lipinski definition) is 5. The van der Waals surface area contributed by atoms with Crippen LogP contribution in [0.15, 0.2) is 60.7 Å². The minimum absolute atomic E-state index is 0.0346. The van der Waals surface area contributed by atoms with Crippen LogP contribution in [-0.2, 0) is 10.2 Å². The number of benzene rings is 3. The second-order valence-corrected chi connectivity index (χ2v) is 9.86. The highest BCUT2D eigenvalue weighted by molar-refractivity contribution is 5.90. The lowest BCUT2D eigenvalue weighted by Gasteiger charge is -2.31. The summed E-state index contributed by atoms with van der Waals surface area (Å²) in [6.45, 7) is 13.5. The molecule has 0 saturated carbocycles. The highest BCUT2D eigenvalue weighted by Crippen LogP contribution is 2.40. The molecule has 0 radical (unpaired) electrons. The van der Waals surface area contributed by atoms with Crippen molar-refractivity contribution in [3.63, 3.8) is 0 Å². The second kappa shape index (κ2) is 12.1. The van der Waals surface area contributed by atoms with Crippen LogP contribution in [0.25, 0.3) is 22.3 Å². The van der Waals surface area contributed by atoms with Crippen LogP contribution >= 0.6 is 0 Å². The standard InChI is InChI=1S/C31H39NO4/c1-7-32(8-2)28-16-14-25(21-27(28)31(3,4)5)26-20-24(15-17-29(26)36-19-9-18-33)22-10-12-23(13-11-22)30(34)35-6/h10-17,20-21,33H,7-9,18-19H2,1-6H3. The van der Waals surface area contributed by atoms with Gasteiger partial charge >= 0.3 is 5.97 Å². The molecule has 0 bridgehead atoms. The van der Waals surface area contributed by atoms with Crippen LogP contribution in [0, 0.1) is 0 Å². The summed E-state index contributed by atoms with van der Waals surface area (Å²) in [6.07, 6.45) is 0.574. The number of aliphatic hydroxyl groups is 1. The molecule has 0 saturated heterocycles. The molecular weight excluding hydrogens is 450 g/mol. The molecule has 0 unspecified atom stereocenters. The van der Waals surface area contributed by atoms with Crippen LogP contribution in [-0.4, -0.2) is 44.5 Å². The van der Waals surface area contributed by atoms with Crippen molar-refractivity contribution in [3.05, 3.63) is 71.8 Å². The van der Waals surface area contributed by atoms with E-state index in [1.54, 1.807) is 12.1 Å². The molecule has 5 heteroatoms. The molecule has 0 aliphatic rings. The molecule has 192 valence electrons. The van der Waals surface area contributed by atoms with E-state index in [9.17, 15) is 9.90 Å². The van der Waals surface area contributed by atoms with Crippen molar-refractivity contribution in [2.24, 2.45) is 0 Å². The molecule has 0 aliphatic heterocycles. The number of nitrogens with zero attached hydrogens (tertiary/aromatic N) is 1. The smallest absolute Gasteiger partial charge is 0.337 e. The Bertz CT molecular complexity index is 1160. The largest absolute Gasteiger partial charge is 0.493 e. The van der Waals surface area contributed by atoms with Gasteiger partial charge in [-0.15, -0.1) is 0 Å². The first-order valence-corrected chi connectivity index (χ1v) is 12.7. The van der Waals surface area contributed by atoms with Gasteiger partial charge in [-0.3, -0.25) is 0 Å². The summed E-state index contributed by atoms with van der Waals surface area (Å²) in [7, 11) is 1.38. The SMILES string of the molecule is CCN(CC)c1ccc(-c2cc(-c3ccc(C(=O)OC)cc3)ccc2OCCCO)cc1C(C)(C)C. The lowest BCUT2D eigenvalue weighted by atomic mass is 9.83. The maximum atomic E-state index is 11.8. The van der Waals surface area contributed by atoms with E-state index in [0.29, 0.717) is 18.6 Å². The van der Waals surface area contributed by atoms with E-state index in [2.05, 4.69) is 63.8 Å². The second-order valence-electron chi connectivity index (χ2n) is 9.86. The molecule has 3 rings (SSSR count). The van der Waals surface area contributed by atoms with Gasteiger partial charge in [0.1, 0.15) is 5.75 Å². The summed E-state index contributed by atoms with van der Waals surface area (Å²) < 4.78 is 10.9. The third kappa shape index (κ3) is 6.27. The molecule has 5 nitrogen and oxygen atoms in total. The number of carbonyl (C=O) groups excluding carboxylic acids is 1. The fourth-order valence-electron chi connectivity index (χ4n) is 4.37. The van der Waals surface area contributed by atoms with Crippen molar-refractivity contribution in [1.82, 2.24) is 0 Å². The van der Waals surface area contributed by atoms with E-state index < -0.39 is 0 Å². The molecular formula is C31H39NO4. The average molecular weight is 490 g/mol. The number of carbonyl (C=O) groups is 1. The van der Waals surface area contributed by atoms with Gasteiger partial charge in [-0.25, -0.2) is 4.79 Å². The molecule has 0 amide bonds. The highest BCUT2D eigenvalue weighted by Gasteiger charge is 2.22. The molecule has 0 atom stereocenters. The third-order valence-electron chi connectivity index (χ3n) is 6.40. The quantitative estimate of drug-likeness (QED) is 0.253. The normalized spacial score (nSPS) is 11.3. The van der Waals surface area contributed by atoms with E-state index in [1.807, 2.05) is 24.3 Å². The molecule has 3 aromatic rings. The van der Waals surface area contributed by atoms with Gasteiger partial charge in [0.2, 0.25) is 0 Å². The Morgan fingerprint density at radius 3 is 2.11 bits per heavy atom. The van der Waals surface area contributed by atoms with Crippen LogP contribution in [0.1, 0.15) is 57.0 Å². The van der Waals surface area contributed by atoms with Gasteiger partial charge < -0.3 is 19.5 Å². The van der Waals surface area contributed by atoms with Crippen molar-refractivity contribution >= 4 is 11.7 Å². The number of rotatable bonds is 10. The molecule has 0 fully saturated rings. The predicted molar refractivity (Wildman–Crippen MR) is 148 cm³/mol. The Morgan fingerprint density at radius 2 is 1.53 bits per heavy atom. The Morgan fingerprint density at radius 1 is 0.889 bits per heavy atom. The first-order valence-electron chi connectivity index (χ1n) is 12.7. The average Bonchev–Trinajstić information content (AvgIpc) is 2.89.